The average molecular weight is 429 g/mol. The molecule has 1 heterocycles. The monoisotopic (exact) mass is 429 g/mol. The summed E-state index contributed by atoms with van der Waals surface area (Å²) in [5, 5.41) is 3.35. The van der Waals surface area contributed by atoms with Crippen molar-refractivity contribution in [2.24, 2.45) is 0 Å². The lowest BCUT2D eigenvalue weighted by molar-refractivity contribution is -0.314. The van der Waals surface area contributed by atoms with E-state index in [0.29, 0.717) is 16.5 Å². The van der Waals surface area contributed by atoms with E-state index in [4.69, 9.17) is 0 Å². The van der Waals surface area contributed by atoms with Crippen molar-refractivity contribution in [3.63, 3.8) is 0 Å². The smallest absolute Gasteiger partial charge is 0.361 e. The van der Waals surface area contributed by atoms with Gasteiger partial charge in [-0.3, -0.25) is 10.1 Å². The van der Waals surface area contributed by atoms with Crippen molar-refractivity contribution in [2.45, 2.75) is 24.4 Å². The first-order valence-corrected chi connectivity index (χ1v) is 8.86. The van der Waals surface area contributed by atoms with Gasteiger partial charge in [0.05, 0.1) is 0 Å². The number of rotatable bonds is 6. The maximum absolute atomic E-state index is 13.7. The van der Waals surface area contributed by atoms with E-state index >= 15 is 0 Å². The third-order valence-corrected chi connectivity index (χ3v) is 4.65. The maximum Gasteiger partial charge on any atom is 0.434 e. The zero-order valence-corrected chi connectivity index (χ0v) is 15.4. The van der Waals surface area contributed by atoms with Gasteiger partial charge in [-0.1, -0.05) is 36.4 Å². The summed E-state index contributed by atoms with van der Waals surface area (Å²) in [6.45, 7) is -0.685. The molecule has 0 saturated heterocycles. The zero-order valence-electron chi connectivity index (χ0n) is 15.4. The Morgan fingerprint density at radius 1 is 0.867 bits per heavy atom. The molecule has 30 heavy (non-hydrogen) atoms. The first kappa shape index (κ1) is 21.7. The molecule has 3 N–H and O–H groups in total. The van der Waals surface area contributed by atoms with Gasteiger partial charge in [0.1, 0.15) is 0 Å². The second-order valence-electron chi connectivity index (χ2n) is 6.60. The van der Waals surface area contributed by atoms with Crippen LogP contribution in [-0.4, -0.2) is 35.5 Å². The second-order valence-corrected chi connectivity index (χ2v) is 6.60. The maximum atomic E-state index is 13.7. The third kappa shape index (κ3) is 4.13. The quantitative estimate of drug-likeness (QED) is 0.398. The molecule has 160 valence electrons. The molecule has 0 atom stereocenters. The number of fused-ring (bicyclic) bond motifs is 1. The summed E-state index contributed by atoms with van der Waals surface area (Å²) in [6.07, 6.45) is -10.3. The number of carbonyl (C=O) groups excluding carboxylic acids is 1. The molecule has 0 spiro atoms. The number of benzene rings is 2. The van der Waals surface area contributed by atoms with Gasteiger partial charge in [-0.05, 0) is 30.2 Å². The van der Waals surface area contributed by atoms with E-state index in [1.807, 2.05) is 0 Å². The van der Waals surface area contributed by atoms with E-state index in [2.05, 4.69) is 4.98 Å². The lowest BCUT2D eigenvalue weighted by Crippen LogP contribution is -2.75. The molecule has 0 aliphatic rings. The lowest BCUT2D eigenvalue weighted by Gasteiger charge is -2.38. The molecule has 3 aromatic rings. The van der Waals surface area contributed by atoms with Crippen LogP contribution in [-0.2, 0) is 6.42 Å². The fourth-order valence-electron chi connectivity index (χ4n) is 3.10. The van der Waals surface area contributed by atoms with Gasteiger partial charge in [0.2, 0.25) is 0 Å². The number of nitrogens with one attached hydrogen (secondary N) is 3. The topological polar surface area (TPSA) is 56.9 Å². The Bertz CT molecular complexity index is 997. The second kappa shape index (κ2) is 8.02. The van der Waals surface area contributed by atoms with Crippen molar-refractivity contribution in [1.82, 2.24) is 15.6 Å². The molecule has 4 nitrogen and oxygen atoms in total. The Morgan fingerprint density at radius 3 is 2.10 bits per heavy atom. The van der Waals surface area contributed by atoms with E-state index < -0.39 is 30.5 Å². The van der Waals surface area contributed by atoms with Crippen LogP contribution in [0.25, 0.3) is 10.9 Å². The largest absolute Gasteiger partial charge is 0.434 e. The number of halogens is 6. The molecule has 3 rings (SSSR count). The van der Waals surface area contributed by atoms with Crippen LogP contribution in [0.5, 0.6) is 0 Å². The minimum Gasteiger partial charge on any atom is -0.361 e. The van der Waals surface area contributed by atoms with Crippen molar-refractivity contribution in [2.75, 3.05) is 6.54 Å². The zero-order chi connectivity index (χ0) is 22.0. The average Bonchev–Trinajstić information content (AvgIpc) is 3.09. The highest BCUT2D eigenvalue weighted by molar-refractivity contribution is 5.94. The number of aromatic amines is 1. The number of para-hydroxylation sites is 1. The number of H-pyrrole nitrogens is 1. The summed E-state index contributed by atoms with van der Waals surface area (Å²) in [7, 11) is 0. The molecular weight excluding hydrogens is 412 g/mol. The molecule has 2 aromatic carbocycles. The molecule has 10 heteroatoms. The van der Waals surface area contributed by atoms with Gasteiger partial charge in [0, 0.05) is 29.2 Å². The van der Waals surface area contributed by atoms with Gasteiger partial charge >= 0.3 is 12.4 Å². The van der Waals surface area contributed by atoms with Gasteiger partial charge in [0.15, 0.2) is 0 Å². The molecule has 0 unspecified atom stereocenters. The Balaban J connectivity index is 1.86. The van der Waals surface area contributed by atoms with Crippen LogP contribution in [0.3, 0.4) is 0 Å². The van der Waals surface area contributed by atoms with Crippen molar-refractivity contribution in [3.8, 4) is 0 Å². The first-order valence-electron chi connectivity index (χ1n) is 8.86. The fraction of sp³-hybridized carbons (Fsp3) is 0.250. The third-order valence-electron chi connectivity index (χ3n) is 4.65. The number of hydrogen-bond acceptors (Lipinski definition) is 2. The molecule has 0 aliphatic carbocycles. The summed E-state index contributed by atoms with van der Waals surface area (Å²) in [6, 6.07) is 13.3. The van der Waals surface area contributed by atoms with E-state index in [-0.39, 0.29) is 12.0 Å². The number of amides is 1. The van der Waals surface area contributed by atoms with Crippen LogP contribution in [0, 0.1) is 0 Å². The Hall–Kier alpha value is -3.01. The number of carbonyl (C=O) groups is 1. The van der Waals surface area contributed by atoms with E-state index in [9.17, 15) is 31.1 Å². The van der Waals surface area contributed by atoms with Gasteiger partial charge in [0.25, 0.3) is 11.6 Å². The number of hydrogen-bond donors (Lipinski definition) is 3. The van der Waals surface area contributed by atoms with Crippen molar-refractivity contribution in [1.29, 1.82) is 0 Å². The number of aromatic nitrogens is 1. The highest BCUT2D eigenvalue weighted by Gasteiger charge is 2.72. The highest BCUT2D eigenvalue weighted by atomic mass is 19.4. The SMILES string of the molecule is O=C(NC(NCCc1c[nH]c2ccccc12)(C(F)(F)F)C(F)(F)F)c1ccccc1. The van der Waals surface area contributed by atoms with E-state index in [1.165, 1.54) is 29.7 Å². The molecule has 0 saturated carbocycles. The minimum atomic E-state index is -5.84. The molecular formula is C20H17F6N3O. The van der Waals surface area contributed by atoms with Crippen molar-refractivity contribution in [3.05, 3.63) is 71.9 Å². The molecule has 0 bridgehead atoms. The van der Waals surface area contributed by atoms with Gasteiger partial charge in [-0.2, -0.15) is 26.3 Å². The van der Waals surface area contributed by atoms with Crippen LogP contribution >= 0.6 is 0 Å². The van der Waals surface area contributed by atoms with Crippen molar-refractivity contribution >= 4 is 16.8 Å². The summed E-state index contributed by atoms with van der Waals surface area (Å²) < 4.78 is 82.0. The summed E-state index contributed by atoms with van der Waals surface area (Å²) in [5.74, 6) is -1.50. The Kier molecular flexibility index (Phi) is 5.80. The molecule has 1 amide bonds. The first-order chi connectivity index (χ1) is 14.1. The fourth-order valence-corrected chi connectivity index (χ4v) is 3.10. The summed E-state index contributed by atoms with van der Waals surface area (Å²) >= 11 is 0. The Labute approximate surface area is 167 Å². The predicted molar refractivity (Wildman–Crippen MR) is 98.8 cm³/mol. The lowest BCUT2D eigenvalue weighted by atomic mass is 10.1. The van der Waals surface area contributed by atoms with Gasteiger partial charge in [-0.15, -0.1) is 0 Å². The molecule has 1 aromatic heterocycles. The summed E-state index contributed by atoms with van der Waals surface area (Å²) in [4.78, 5) is 15.1. The predicted octanol–water partition coefficient (Wildman–Crippen LogP) is 4.55. The highest BCUT2D eigenvalue weighted by Crippen LogP contribution is 2.41. The molecule has 0 aliphatic heterocycles. The normalized spacial score (nSPS) is 12.9. The van der Waals surface area contributed by atoms with Gasteiger partial charge < -0.3 is 10.3 Å². The summed E-state index contributed by atoms with van der Waals surface area (Å²) in [5.41, 5.74) is -3.67. The van der Waals surface area contributed by atoms with Crippen molar-refractivity contribution < 1.29 is 31.1 Å². The minimum absolute atomic E-state index is 0.126. The van der Waals surface area contributed by atoms with Gasteiger partial charge in [-0.25, -0.2) is 0 Å². The van der Waals surface area contributed by atoms with Crippen LogP contribution in [0.2, 0.25) is 0 Å². The molecule has 0 fully saturated rings. The van der Waals surface area contributed by atoms with Crippen LogP contribution in [0.15, 0.2) is 60.8 Å². The van der Waals surface area contributed by atoms with Crippen LogP contribution in [0.4, 0.5) is 26.3 Å². The van der Waals surface area contributed by atoms with Crippen LogP contribution < -0.4 is 10.6 Å². The Morgan fingerprint density at radius 2 is 1.47 bits per heavy atom. The van der Waals surface area contributed by atoms with E-state index in [1.54, 1.807) is 24.3 Å². The number of alkyl halides is 6. The van der Waals surface area contributed by atoms with E-state index in [0.717, 1.165) is 17.4 Å². The van der Waals surface area contributed by atoms with Crippen LogP contribution in [0.1, 0.15) is 15.9 Å². The molecule has 0 radical (unpaired) electrons. The standard InChI is InChI=1S/C20H17F6N3O/c21-19(22,23)18(20(24,25)26,29-17(30)13-6-2-1-3-7-13)28-11-10-14-12-27-16-9-5-4-8-15(14)16/h1-9,12,27-28H,10-11H2,(H,29,30).